The lowest BCUT2D eigenvalue weighted by Gasteiger charge is -2.22. The maximum absolute atomic E-state index is 13.7. The Balaban J connectivity index is 0.000000388. The zero-order valence-corrected chi connectivity index (χ0v) is 19.5. The minimum absolute atomic E-state index is 0.0451. The zero-order chi connectivity index (χ0) is 24.1. The van der Waals surface area contributed by atoms with Crippen LogP contribution in [0.3, 0.4) is 0 Å². The van der Waals surface area contributed by atoms with Crippen LogP contribution in [0.4, 0.5) is 14.5 Å². The van der Waals surface area contributed by atoms with E-state index in [1.165, 1.54) is 0 Å². The minimum Gasteiger partial charge on any atom is -0.472 e. The Morgan fingerprint density at radius 1 is 1.38 bits per heavy atom. The smallest absolute Gasteiger partial charge is 0.225 e. The lowest BCUT2D eigenvalue weighted by molar-refractivity contribution is -0.131. The summed E-state index contributed by atoms with van der Waals surface area (Å²) in [6.45, 7) is 7.22. The van der Waals surface area contributed by atoms with Crippen LogP contribution in [0.5, 0.6) is 0 Å². The fourth-order valence-corrected chi connectivity index (χ4v) is 3.98. The first-order chi connectivity index (χ1) is 15.3. The van der Waals surface area contributed by atoms with Gasteiger partial charge >= 0.3 is 0 Å². The molecule has 32 heavy (non-hydrogen) atoms. The zero-order valence-electron chi connectivity index (χ0n) is 18.6. The number of nitrogen functional groups attached to an aromatic ring is 1. The molecule has 7 nitrogen and oxygen atoms in total. The Kier molecular flexibility index (Phi) is 12.4. The summed E-state index contributed by atoms with van der Waals surface area (Å²) in [5.74, 6) is -0.396. The molecular weight excluding hydrogens is 438 g/mol. The van der Waals surface area contributed by atoms with Crippen molar-refractivity contribution in [1.82, 2.24) is 10.2 Å². The number of amides is 2. The molecule has 1 saturated heterocycles. The number of carbonyl (C=O) groups excluding carboxylic acids is 2. The third-order valence-corrected chi connectivity index (χ3v) is 5.66. The number of nitrogens with zero attached hydrogens (tertiary/aromatic N) is 1. The molecule has 3 rings (SSSR count). The summed E-state index contributed by atoms with van der Waals surface area (Å²) in [5.41, 5.74) is 12.1. The van der Waals surface area contributed by atoms with Crippen LogP contribution in [0.25, 0.3) is 0 Å². The Morgan fingerprint density at radius 2 is 2.09 bits per heavy atom. The Hall–Kier alpha value is -2.59. The van der Waals surface area contributed by atoms with E-state index >= 15 is 0 Å². The van der Waals surface area contributed by atoms with Gasteiger partial charge in [-0.05, 0) is 31.0 Å². The summed E-state index contributed by atoms with van der Waals surface area (Å²) in [6, 6.07) is 3.24. The lowest BCUT2D eigenvalue weighted by Crippen LogP contribution is -2.38. The van der Waals surface area contributed by atoms with Gasteiger partial charge in [0, 0.05) is 42.9 Å². The first kappa shape index (κ1) is 27.4. The van der Waals surface area contributed by atoms with Gasteiger partial charge in [0.1, 0.15) is 11.6 Å². The van der Waals surface area contributed by atoms with Gasteiger partial charge in [-0.3, -0.25) is 9.59 Å². The van der Waals surface area contributed by atoms with Gasteiger partial charge in [0.15, 0.2) is 0 Å². The third kappa shape index (κ3) is 8.88. The maximum Gasteiger partial charge on any atom is 0.225 e. The molecule has 0 spiro atoms. The monoisotopic (exact) mass is 470 g/mol. The molecule has 2 aromatic rings. The lowest BCUT2D eigenvalue weighted by atomic mass is 10.0. The molecule has 1 fully saturated rings. The number of furan rings is 1. The number of nitrogens with one attached hydrogen (secondary N) is 1. The van der Waals surface area contributed by atoms with E-state index in [4.69, 9.17) is 15.9 Å². The van der Waals surface area contributed by atoms with Crippen LogP contribution in [0, 0.1) is 11.6 Å². The molecule has 1 aliphatic heterocycles. The summed E-state index contributed by atoms with van der Waals surface area (Å²) in [4.78, 5) is 23.6. The average Bonchev–Trinajstić information content (AvgIpc) is 3.44. The number of halogens is 2. The third-order valence-electron chi connectivity index (χ3n) is 4.50. The standard InChI is InChI=1S/C14H19F2N3OS.C6H7NO2.C2H6/c1-8-19(2-3-21-8)14(20)6-10(17)4-9-5-12(16)13(18)7-11(9)15;8-5-7-3-6-1-2-9-4-6;1-2/h5,7-8,10H,2-4,6,17-18H2,1H3;1-2,4-5H,3H2,(H,7,8);1-2H3. The molecule has 0 bridgehead atoms. The SMILES string of the molecule is CC.CC1SCCN1C(=O)CC(N)Cc1cc(F)c(N)cc1F.O=CNCc1ccoc1. The molecule has 5 N–H and O–H groups in total. The van der Waals surface area contributed by atoms with Gasteiger partial charge in [0.05, 0.1) is 23.6 Å². The van der Waals surface area contributed by atoms with E-state index in [9.17, 15) is 18.4 Å². The molecule has 1 aliphatic rings. The van der Waals surface area contributed by atoms with E-state index in [2.05, 4.69) is 5.32 Å². The molecule has 178 valence electrons. The van der Waals surface area contributed by atoms with Gasteiger partial charge in [-0.2, -0.15) is 0 Å². The molecule has 2 heterocycles. The Labute approximate surface area is 191 Å². The van der Waals surface area contributed by atoms with Crippen LogP contribution in [0.2, 0.25) is 0 Å². The largest absolute Gasteiger partial charge is 0.472 e. The van der Waals surface area contributed by atoms with Crippen LogP contribution in [-0.2, 0) is 22.6 Å². The molecular formula is C22H32F2N4O3S. The predicted molar refractivity (Wildman–Crippen MR) is 124 cm³/mol. The Morgan fingerprint density at radius 3 is 2.66 bits per heavy atom. The van der Waals surface area contributed by atoms with Crippen molar-refractivity contribution in [3.05, 3.63) is 53.5 Å². The second kappa shape index (κ2) is 14.5. The summed E-state index contributed by atoms with van der Waals surface area (Å²) in [7, 11) is 0. The van der Waals surface area contributed by atoms with Crippen molar-refractivity contribution in [2.75, 3.05) is 18.0 Å². The molecule has 2 atom stereocenters. The van der Waals surface area contributed by atoms with Crippen molar-refractivity contribution in [2.24, 2.45) is 5.73 Å². The maximum atomic E-state index is 13.7. The Bertz CT molecular complexity index is 837. The number of thioether (sulfide) groups is 1. The summed E-state index contributed by atoms with van der Waals surface area (Å²) in [5, 5.41) is 2.66. The van der Waals surface area contributed by atoms with Crippen LogP contribution in [0.1, 0.15) is 38.3 Å². The highest BCUT2D eigenvalue weighted by Gasteiger charge is 2.26. The molecule has 2 unspecified atom stereocenters. The molecule has 1 aromatic carbocycles. The van der Waals surface area contributed by atoms with Gasteiger partial charge in [0.25, 0.3) is 0 Å². The van der Waals surface area contributed by atoms with Crippen LogP contribution < -0.4 is 16.8 Å². The molecule has 2 amide bonds. The predicted octanol–water partition coefficient (Wildman–Crippen LogP) is 3.28. The molecule has 0 aliphatic carbocycles. The van der Waals surface area contributed by atoms with Crippen molar-refractivity contribution < 1.29 is 22.8 Å². The van der Waals surface area contributed by atoms with Gasteiger partial charge in [0.2, 0.25) is 12.3 Å². The number of nitrogens with two attached hydrogens (primary N) is 2. The fraction of sp³-hybridized carbons (Fsp3) is 0.455. The van der Waals surface area contributed by atoms with Gasteiger partial charge in [-0.25, -0.2) is 8.78 Å². The van der Waals surface area contributed by atoms with E-state index < -0.39 is 17.7 Å². The summed E-state index contributed by atoms with van der Waals surface area (Å²) < 4.78 is 31.8. The van der Waals surface area contributed by atoms with E-state index in [1.54, 1.807) is 35.3 Å². The summed E-state index contributed by atoms with van der Waals surface area (Å²) in [6.07, 6.45) is 4.05. The van der Waals surface area contributed by atoms with Gasteiger partial charge < -0.3 is 26.1 Å². The van der Waals surface area contributed by atoms with Crippen molar-refractivity contribution in [3.8, 4) is 0 Å². The minimum atomic E-state index is -0.672. The van der Waals surface area contributed by atoms with Gasteiger partial charge in [-0.1, -0.05) is 13.8 Å². The fourth-order valence-electron chi connectivity index (χ4n) is 2.93. The van der Waals surface area contributed by atoms with E-state index in [-0.39, 0.29) is 35.4 Å². The number of rotatable bonds is 7. The van der Waals surface area contributed by atoms with Crippen molar-refractivity contribution in [2.45, 2.75) is 51.6 Å². The van der Waals surface area contributed by atoms with Crippen molar-refractivity contribution in [1.29, 1.82) is 0 Å². The average molecular weight is 471 g/mol. The van der Waals surface area contributed by atoms with Crippen LogP contribution in [-0.4, -0.2) is 40.9 Å². The quantitative estimate of drug-likeness (QED) is 0.423. The second-order valence-corrected chi connectivity index (χ2v) is 8.24. The van der Waals surface area contributed by atoms with E-state index in [1.807, 2.05) is 20.8 Å². The first-order valence-electron chi connectivity index (χ1n) is 10.4. The molecule has 0 saturated carbocycles. The van der Waals surface area contributed by atoms with Crippen molar-refractivity contribution in [3.63, 3.8) is 0 Å². The van der Waals surface area contributed by atoms with E-state index in [0.29, 0.717) is 19.5 Å². The van der Waals surface area contributed by atoms with E-state index in [0.717, 1.165) is 23.4 Å². The number of benzene rings is 1. The van der Waals surface area contributed by atoms with Crippen molar-refractivity contribution >= 4 is 29.8 Å². The number of hydrogen-bond donors (Lipinski definition) is 3. The highest BCUT2D eigenvalue weighted by atomic mass is 32.2. The topological polar surface area (TPSA) is 115 Å². The number of anilines is 1. The number of hydrogen-bond acceptors (Lipinski definition) is 6. The molecule has 10 heteroatoms. The van der Waals surface area contributed by atoms with Crippen LogP contribution in [0.15, 0.2) is 35.1 Å². The van der Waals surface area contributed by atoms with Gasteiger partial charge in [-0.15, -0.1) is 11.8 Å². The normalized spacial score (nSPS) is 15.7. The highest BCUT2D eigenvalue weighted by molar-refractivity contribution is 8.00. The number of carbonyl (C=O) groups is 2. The second-order valence-electron chi connectivity index (χ2n) is 6.82. The first-order valence-corrected chi connectivity index (χ1v) is 11.4. The molecule has 0 radical (unpaired) electrons. The van der Waals surface area contributed by atoms with Crippen LogP contribution >= 0.6 is 11.8 Å². The summed E-state index contributed by atoms with van der Waals surface area (Å²) >= 11 is 1.71. The highest BCUT2D eigenvalue weighted by Crippen LogP contribution is 2.24. The molecule has 1 aromatic heterocycles.